The summed E-state index contributed by atoms with van der Waals surface area (Å²) in [4.78, 5) is 0.661. The first kappa shape index (κ1) is 7.85. The molecule has 0 spiro atoms. The van der Waals surface area contributed by atoms with Crippen molar-refractivity contribution in [1.29, 1.82) is 0 Å². The first-order valence-electron chi connectivity index (χ1n) is 2.36. The molecule has 10 heavy (non-hydrogen) atoms. The number of oxime groups is 1. The van der Waals surface area contributed by atoms with Gasteiger partial charge in [0.2, 0.25) is 0 Å². The van der Waals surface area contributed by atoms with E-state index in [-0.39, 0.29) is 0 Å². The van der Waals surface area contributed by atoms with Crippen LogP contribution in [0.15, 0.2) is 11.2 Å². The van der Waals surface area contributed by atoms with E-state index in [1.165, 1.54) is 17.6 Å². The van der Waals surface area contributed by atoms with Gasteiger partial charge in [-0.1, -0.05) is 28.4 Å². The average Bonchev–Trinajstić information content (AvgIpc) is 2.13. The maximum Gasteiger partial charge on any atom is 0.0950 e. The van der Waals surface area contributed by atoms with Crippen molar-refractivity contribution in [2.24, 2.45) is 5.16 Å². The van der Waals surface area contributed by atoms with E-state index >= 15 is 0 Å². The molecule has 1 heterocycles. The van der Waals surface area contributed by atoms with Crippen LogP contribution in [0, 0.1) is 0 Å². The molecule has 0 saturated heterocycles. The second kappa shape index (κ2) is 3.23. The van der Waals surface area contributed by atoms with Crippen molar-refractivity contribution in [2.45, 2.75) is 0 Å². The summed E-state index contributed by atoms with van der Waals surface area (Å²) in [6, 6.07) is 1.60. The van der Waals surface area contributed by atoms with Crippen LogP contribution in [-0.4, -0.2) is 11.4 Å². The van der Waals surface area contributed by atoms with Crippen LogP contribution in [0.4, 0.5) is 0 Å². The molecule has 0 saturated carbocycles. The Hall–Kier alpha value is -0.250. The smallest absolute Gasteiger partial charge is 0.0950 e. The van der Waals surface area contributed by atoms with E-state index in [9.17, 15) is 0 Å². The maximum absolute atomic E-state index is 8.13. The highest BCUT2D eigenvalue weighted by molar-refractivity contribution is 7.18. The molecule has 0 aliphatic carbocycles. The summed E-state index contributed by atoms with van der Waals surface area (Å²) in [7, 11) is 0. The van der Waals surface area contributed by atoms with Gasteiger partial charge in [-0.05, 0) is 6.07 Å². The summed E-state index contributed by atoms with van der Waals surface area (Å²) in [5.74, 6) is 0. The number of thiophene rings is 1. The zero-order valence-electron chi connectivity index (χ0n) is 4.71. The molecule has 1 N–H and O–H groups in total. The van der Waals surface area contributed by atoms with Gasteiger partial charge in [0.1, 0.15) is 0 Å². The van der Waals surface area contributed by atoms with Gasteiger partial charge in [-0.15, -0.1) is 11.3 Å². The van der Waals surface area contributed by atoms with Crippen LogP contribution in [0.3, 0.4) is 0 Å². The summed E-state index contributed by atoms with van der Waals surface area (Å²) in [5, 5.41) is 11.5. The molecule has 0 fully saturated rings. The molecule has 0 unspecified atom stereocenters. The normalized spacial score (nSPS) is 11.0. The minimum Gasteiger partial charge on any atom is -0.411 e. The summed E-state index contributed by atoms with van der Waals surface area (Å²) in [5.41, 5.74) is 0. The Morgan fingerprint density at radius 3 is 2.70 bits per heavy atom. The molecule has 0 atom stereocenters. The van der Waals surface area contributed by atoms with Crippen molar-refractivity contribution >= 4 is 40.8 Å². The topological polar surface area (TPSA) is 32.6 Å². The highest BCUT2D eigenvalue weighted by Crippen LogP contribution is 2.28. The fourth-order valence-corrected chi connectivity index (χ4v) is 1.89. The quantitative estimate of drug-likeness (QED) is 0.418. The molecular weight excluding hydrogens is 193 g/mol. The van der Waals surface area contributed by atoms with Gasteiger partial charge < -0.3 is 5.21 Å². The first-order chi connectivity index (χ1) is 4.74. The fraction of sp³-hybridized carbons (Fsp3) is 0. The van der Waals surface area contributed by atoms with E-state index in [0.29, 0.717) is 14.2 Å². The van der Waals surface area contributed by atoms with Gasteiger partial charge >= 0.3 is 0 Å². The van der Waals surface area contributed by atoms with E-state index in [0.717, 1.165) is 0 Å². The second-order valence-electron chi connectivity index (χ2n) is 1.51. The Kier molecular flexibility index (Phi) is 2.54. The number of rotatable bonds is 1. The molecule has 0 radical (unpaired) electrons. The summed E-state index contributed by atoms with van der Waals surface area (Å²) in [6.07, 6.45) is 1.25. The zero-order chi connectivity index (χ0) is 7.56. The monoisotopic (exact) mass is 195 g/mol. The lowest BCUT2D eigenvalue weighted by Gasteiger charge is -1.80. The number of nitrogens with zero attached hydrogens (tertiary/aromatic N) is 1. The van der Waals surface area contributed by atoms with Crippen LogP contribution >= 0.6 is 34.5 Å². The van der Waals surface area contributed by atoms with Crippen LogP contribution in [0.1, 0.15) is 4.88 Å². The molecule has 1 aromatic rings. The summed E-state index contributed by atoms with van der Waals surface area (Å²) in [6.45, 7) is 0. The predicted octanol–water partition coefficient (Wildman–Crippen LogP) is 2.86. The van der Waals surface area contributed by atoms with Gasteiger partial charge in [0.15, 0.2) is 0 Å². The van der Waals surface area contributed by atoms with Crippen LogP contribution in [0.25, 0.3) is 0 Å². The first-order valence-corrected chi connectivity index (χ1v) is 3.93. The highest BCUT2D eigenvalue weighted by atomic mass is 35.5. The molecule has 0 aliphatic heterocycles. The molecule has 0 aromatic carbocycles. The SMILES string of the molecule is O/N=C/c1sc(Cl)cc1Cl. The lowest BCUT2D eigenvalue weighted by Crippen LogP contribution is -1.71. The number of halogens is 2. The molecule has 2 nitrogen and oxygen atoms in total. The Labute approximate surface area is 71.7 Å². The van der Waals surface area contributed by atoms with Crippen molar-refractivity contribution in [3.8, 4) is 0 Å². The van der Waals surface area contributed by atoms with Crippen LogP contribution in [-0.2, 0) is 0 Å². The van der Waals surface area contributed by atoms with Crippen molar-refractivity contribution < 1.29 is 5.21 Å². The predicted molar refractivity (Wildman–Crippen MR) is 43.7 cm³/mol. The third kappa shape index (κ3) is 1.62. The maximum atomic E-state index is 8.13. The number of hydrogen-bond donors (Lipinski definition) is 1. The van der Waals surface area contributed by atoms with E-state index in [4.69, 9.17) is 28.4 Å². The Morgan fingerprint density at radius 2 is 2.30 bits per heavy atom. The van der Waals surface area contributed by atoms with Gasteiger partial charge in [-0.25, -0.2) is 0 Å². The van der Waals surface area contributed by atoms with E-state index < -0.39 is 0 Å². The molecule has 0 bridgehead atoms. The average molecular weight is 196 g/mol. The van der Waals surface area contributed by atoms with Crippen LogP contribution in [0.5, 0.6) is 0 Å². The minimum atomic E-state index is 0.507. The van der Waals surface area contributed by atoms with Gasteiger partial charge in [-0.2, -0.15) is 0 Å². The van der Waals surface area contributed by atoms with Gasteiger partial charge in [0.25, 0.3) is 0 Å². The van der Waals surface area contributed by atoms with Crippen molar-refractivity contribution in [1.82, 2.24) is 0 Å². The van der Waals surface area contributed by atoms with Crippen LogP contribution < -0.4 is 0 Å². The third-order valence-corrected chi connectivity index (χ3v) is 2.48. The Balaban J connectivity index is 3.03. The molecule has 1 rings (SSSR count). The molecule has 0 aliphatic rings. The molecular formula is C5H3Cl2NOS. The molecule has 5 heteroatoms. The van der Waals surface area contributed by atoms with E-state index in [1.807, 2.05) is 0 Å². The number of hydrogen-bond acceptors (Lipinski definition) is 3. The van der Waals surface area contributed by atoms with Gasteiger partial charge in [-0.3, -0.25) is 0 Å². The van der Waals surface area contributed by atoms with Crippen molar-refractivity contribution in [3.05, 3.63) is 20.3 Å². The molecule has 1 aromatic heterocycles. The molecule has 54 valence electrons. The standard InChI is InChI=1S/C5H3Cl2NOS/c6-3-1-5(7)10-4(3)2-8-9/h1-2,9H/b8-2+. The molecule has 0 amide bonds. The van der Waals surface area contributed by atoms with Crippen molar-refractivity contribution in [3.63, 3.8) is 0 Å². The Bertz CT molecular complexity index is 258. The van der Waals surface area contributed by atoms with Gasteiger partial charge in [0.05, 0.1) is 20.5 Å². The third-order valence-electron chi connectivity index (χ3n) is 0.858. The van der Waals surface area contributed by atoms with Gasteiger partial charge in [0, 0.05) is 0 Å². The summed E-state index contributed by atoms with van der Waals surface area (Å²) < 4.78 is 0.583. The summed E-state index contributed by atoms with van der Waals surface area (Å²) >= 11 is 12.5. The lowest BCUT2D eigenvalue weighted by atomic mass is 10.5. The fourth-order valence-electron chi connectivity index (χ4n) is 0.494. The van der Waals surface area contributed by atoms with Crippen molar-refractivity contribution in [2.75, 3.05) is 0 Å². The zero-order valence-corrected chi connectivity index (χ0v) is 7.04. The Morgan fingerprint density at radius 1 is 1.60 bits per heavy atom. The second-order valence-corrected chi connectivity index (χ2v) is 3.63. The van der Waals surface area contributed by atoms with E-state index in [2.05, 4.69) is 5.16 Å². The minimum absolute atomic E-state index is 0.507. The lowest BCUT2D eigenvalue weighted by molar-refractivity contribution is 0.322. The largest absolute Gasteiger partial charge is 0.411 e. The van der Waals surface area contributed by atoms with Crippen LogP contribution in [0.2, 0.25) is 9.36 Å². The highest BCUT2D eigenvalue weighted by Gasteiger charge is 2.02. The van der Waals surface area contributed by atoms with E-state index in [1.54, 1.807) is 6.07 Å².